The molecule has 1 saturated heterocycles. The van der Waals surface area contributed by atoms with E-state index in [1.807, 2.05) is 0 Å². The van der Waals surface area contributed by atoms with Crippen LogP contribution in [-0.4, -0.2) is 48.0 Å². The fraction of sp³-hybridized carbons (Fsp3) is 1.00. The fourth-order valence-corrected chi connectivity index (χ4v) is 1.69. The maximum Gasteiger partial charge on any atom is 0.405 e. The molecule has 1 unspecified atom stereocenters. The molecule has 0 saturated carbocycles. The second-order valence-electron chi connectivity index (χ2n) is 3.56. The molecule has 0 radical (unpaired) electrons. The van der Waals surface area contributed by atoms with Crippen LogP contribution in [0.25, 0.3) is 0 Å². The molecule has 1 atom stereocenters. The molecule has 1 heterocycles. The lowest BCUT2D eigenvalue weighted by Gasteiger charge is -2.36. The van der Waals surface area contributed by atoms with Gasteiger partial charge in [-0.25, -0.2) is 0 Å². The lowest BCUT2D eigenvalue weighted by Crippen LogP contribution is -2.53. The molecule has 0 bridgehead atoms. The molecule has 3 nitrogen and oxygen atoms in total. The van der Waals surface area contributed by atoms with Crippen LogP contribution in [0.15, 0.2) is 0 Å². The summed E-state index contributed by atoms with van der Waals surface area (Å²) < 4.78 is 37.3. The van der Waals surface area contributed by atoms with Gasteiger partial charge in [-0.2, -0.15) is 13.2 Å². The smallest absolute Gasteiger partial charge is 0.393 e. The Morgan fingerprint density at radius 1 is 1.36 bits per heavy atom. The van der Waals surface area contributed by atoms with Gasteiger partial charge >= 0.3 is 6.18 Å². The highest BCUT2D eigenvalue weighted by Crippen LogP contribution is 2.26. The molecule has 1 aliphatic rings. The van der Waals surface area contributed by atoms with Gasteiger partial charge in [0, 0.05) is 19.6 Å². The molecule has 14 heavy (non-hydrogen) atoms. The summed E-state index contributed by atoms with van der Waals surface area (Å²) in [6.07, 6.45) is -3.94. The third kappa shape index (κ3) is 2.83. The van der Waals surface area contributed by atoms with E-state index in [9.17, 15) is 13.2 Å². The Morgan fingerprint density at radius 2 is 1.86 bits per heavy atom. The van der Waals surface area contributed by atoms with E-state index >= 15 is 0 Å². The van der Waals surface area contributed by atoms with Crippen molar-refractivity contribution in [2.75, 3.05) is 19.6 Å². The summed E-state index contributed by atoms with van der Waals surface area (Å²) in [5, 5.41) is 9.15. The van der Waals surface area contributed by atoms with Crippen molar-refractivity contribution >= 4 is 0 Å². The molecular weight excluding hydrogens is 197 g/mol. The largest absolute Gasteiger partial charge is 0.405 e. The first kappa shape index (κ1) is 11.7. The number of rotatable bonds is 2. The van der Waals surface area contributed by atoms with Crippen molar-refractivity contribution in [3.8, 4) is 0 Å². The zero-order chi connectivity index (χ0) is 10.8. The molecule has 3 N–H and O–H groups in total. The maximum atomic E-state index is 12.4. The first-order valence-electron chi connectivity index (χ1n) is 4.64. The van der Waals surface area contributed by atoms with Crippen LogP contribution in [0, 0.1) is 0 Å². The van der Waals surface area contributed by atoms with Gasteiger partial charge in [0.1, 0.15) is 6.04 Å². The first-order chi connectivity index (χ1) is 6.45. The predicted molar refractivity (Wildman–Crippen MR) is 45.7 cm³/mol. The molecule has 0 aromatic rings. The second kappa shape index (κ2) is 4.46. The topological polar surface area (TPSA) is 49.5 Å². The highest BCUT2D eigenvalue weighted by Gasteiger charge is 2.43. The van der Waals surface area contributed by atoms with Crippen molar-refractivity contribution in [1.29, 1.82) is 0 Å². The number of nitrogens with two attached hydrogens (primary N) is 1. The second-order valence-corrected chi connectivity index (χ2v) is 3.56. The molecule has 84 valence electrons. The zero-order valence-corrected chi connectivity index (χ0v) is 7.80. The van der Waals surface area contributed by atoms with Crippen LogP contribution in [0.3, 0.4) is 0 Å². The quantitative estimate of drug-likeness (QED) is 0.693. The molecular formula is C8H15F3N2O. The maximum absolute atomic E-state index is 12.4. The summed E-state index contributed by atoms with van der Waals surface area (Å²) >= 11 is 0. The summed E-state index contributed by atoms with van der Waals surface area (Å²) in [4.78, 5) is 1.30. The van der Waals surface area contributed by atoms with E-state index in [4.69, 9.17) is 10.8 Å². The zero-order valence-electron chi connectivity index (χ0n) is 7.80. The standard InChI is InChI=1S/C8H15F3N2O/c9-8(10,11)7(5-12)13-3-1-6(14)2-4-13/h6-7,14H,1-5,12H2. The van der Waals surface area contributed by atoms with Crippen molar-refractivity contribution in [3.63, 3.8) is 0 Å². The highest BCUT2D eigenvalue weighted by molar-refractivity contribution is 4.83. The van der Waals surface area contributed by atoms with Gasteiger partial charge in [0.05, 0.1) is 6.10 Å². The molecule has 0 aliphatic carbocycles. The van der Waals surface area contributed by atoms with Crippen molar-refractivity contribution in [3.05, 3.63) is 0 Å². The number of hydrogen-bond donors (Lipinski definition) is 2. The summed E-state index contributed by atoms with van der Waals surface area (Å²) in [6, 6.07) is -1.56. The van der Waals surface area contributed by atoms with Gasteiger partial charge in [-0.05, 0) is 12.8 Å². The van der Waals surface area contributed by atoms with Crippen LogP contribution >= 0.6 is 0 Å². The van der Waals surface area contributed by atoms with Crippen molar-refractivity contribution in [1.82, 2.24) is 4.90 Å². The van der Waals surface area contributed by atoms with Crippen molar-refractivity contribution < 1.29 is 18.3 Å². The van der Waals surface area contributed by atoms with Gasteiger partial charge < -0.3 is 10.8 Å². The monoisotopic (exact) mass is 212 g/mol. The summed E-state index contributed by atoms with van der Waals surface area (Å²) in [5.74, 6) is 0. The summed E-state index contributed by atoms with van der Waals surface area (Å²) in [5.41, 5.74) is 5.10. The average molecular weight is 212 g/mol. The third-order valence-electron chi connectivity index (χ3n) is 2.54. The molecule has 1 fully saturated rings. The van der Waals surface area contributed by atoms with Crippen molar-refractivity contribution in [2.45, 2.75) is 31.2 Å². The van der Waals surface area contributed by atoms with Gasteiger partial charge in [-0.3, -0.25) is 4.90 Å². The Kier molecular flexibility index (Phi) is 3.74. The molecule has 6 heteroatoms. The van der Waals surface area contributed by atoms with Gasteiger partial charge in [-0.1, -0.05) is 0 Å². The van der Waals surface area contributed by atoms with E-state index in [-0.39, 0.29) is 13.1 Å². The number of likely N-dealkylation sites (tertiary alicyclic amines) is 1. The van der Waals surface area contributed by atoms with Crippen LogP contribution in [0.1, 0.15) is 12.8 Å². The predicted octanol–water partition coefficient (Wildman–Crippen LogP) is 0.333. The van der Waals surface area contributed by atoms with Crippen molar-refractivity contribution in [2.24, 2.45) is 5.73 Å². The summed E-state index contributed by atoms with van der Waals surface area (Å²) in [6.45, 7) is 0.116. The van der Waals surface area contributed by atoms with E-state index in [1.54, 1.807) is 0 Å². The highest BCUT2D eigenvalue weighted by atomic mass is 19.4. The minimum absolute atomic E-state index is 0.266. The molecule has 1 aliphatic heterocycles. The Bertz CT molecular complexity index is 178. The lowest BCUT2D eigenvalue weighted by molar-refractivity contribution is -0.185. The van der Waals surface area contributed by atoms with E-state index in [1.165, 1.54) is 4.90 Å². The van der Waals surface area contributed by atoms with Crippen LogP contribution in [0.4, 0.5) is 13.2 Å². The number of piperidine rings is 1. The van der Waals surface area contributed by atoms with E-state index in [0.717, 1.165) is 0 Å². The van der Waals surface area contributed by atoms with Crippen LogP contribution in [0.2, 0.25) is 0 Å². The van der Waals surface area contributed by atoms with E-state index < -0.39 is 24.9 Å². The number of halogens is 3. The van der Waals surface area contributed by atoms with E-state index in [0.29, 0.717) is 12.8 Å². The number of alkyl halides is 3. The van der Waals surface area contributed by atoms with Crippen LogP contribution < -0.4 is 5.73 Å². The molecule has 0 aromatic heterocycles. The Hall–Kier alpha value is -0.330. The Balaban J connectivity index is 2.54. The SMILES string of the molecule is NCC(N1CCC(O)CC1)C(F)(F)F. The third-order valence-corrected chi connectivity index (χ3v) is 2.54. The average Bonchev–Trinajstić information content (AvgIpc) is 2.07. The van der Waals surface area contributed by atoms with Gasteiger partial charge in [-0.15, -0.1) is 0 Å². The van der Waals surface area contributed by atoms with Gasteiger partial charge in [0.2, 0.25) is 0 Å². The molecule has 0 aromatic carbocycles. The minimum atomic E-state index is -4.27. The molecule has 0 spiro atoms. The number of aliphatic hydroxyl groups excluding tert-OH is 1. The van der Waals surface area contributed by atoms with Gasteiger partial charge in [0.15, 0.2) is 0 Å². The lowest BCUT2D eigenvalue weighted by atomic mass is 10.1. The normalized spacial score (nSPS) is 23.8. The first-order valence-corrected chi connectivity index (χ1v) is 4.64. The fourth-order valence-electron chi connectivity index (χ4n) is 1.69. The minimum Gasteiger partial charge on any atom is -0.393 e. The number of nitrogens with zero attached hydrogens (tertiary/aromatic N) is 1. The Morgan fingerprint density at radius 3 is 2.21 bits per heavy atom. The molecule has 0 amide bonds. The number of aliphatic hydroxyl groups is 1. The molecule has 1 rings (SSSR count). The number of hydrogen-bond acceptors (Lipinski definition) is 3. The Labute approximate surface area is 80.7 Å². The van der Waals surface area contributed by atoms with Crippen LogP contribution in [-0.2, 0) is 0 Å². The van der Waals surface area contributed by atoms with Crippen LogP contribution in [0.5, 0.6) is 0 Å². The van der Waals surface area contributed by atoms with E-state index in [2.05, 4.69) is 0 Å². The van der Waals surface area contributed by atoms with Gasteiger partial charge in [0.25, 0.3) is 0 Å². The summed E-state index contributed by atoms with van der Waals surface area (Å²) in [7, 11) is 0.